The third kappa shape index (κ3) is 3.17. The Kier molecular flexibility index (Phi) is 3.72. The monoisotopic (exact) mass is 225 g/mol. The van der Waals surface area contributed by atoms with Gasteiger partial charge in [0, 0.05) is 0 Å². The van der Waals surface area contributed by atoms with Gasteiger partial charge >= 0.3 is 5.97 Å². The van der Waals surface area contributed by atoms with Crippen LogP contribution in [0.3, 0.4) is 0 Å². The van der Waals surface area contributed by atoms with Crippen molar-refractivity contribution in [2.45, 2.75) is 13.0 Å². The van der Waals surface area contributed by atoms with Crippen LogP contribution in [-0.2, 0) is 4.79 Å². The number of hydrogen-bond donors (Lipinski definition) is 4. The van der Waals surface area contributed by atoms with Crippen LogP contribution in [-0.4, -0.2) is 42.2 Å². The van der Waals surface area contributed by atoms with Gasteiger partial charge < -0.3 is 20.9 Å². The summed E-state index contributed by atoms with van der Waals surface area (Å²) in [4.78, 5) is 23.8. The second kappa shape index (κ2) is 5.03. The number of rotatable bonds is 1. The SMILES string of the molecule is CC(O)C(=O)O.Nc1ncc2[nH]cnc2n1. The van der Waals surface area contributed by atoms with Crippen molar-refractivity contribution in [3.8, 4) is 0 Å². The molecule has 0 aliphatic rings. The Morgan fingerprint density at radius 1 is 1.56 bits per heavy atom. The van der Waals surface area contributed by atoms with Gasteiger partial charge in [-0.15, -0.1) is 0 Å². The van der Waals surface area contributed by atoms with E-state index in [1.807, 2.05) is 0 Å². The number of nitrogens with one attached hydrogen (secondary N) is 1. The average Bonchev–Trinajstić information content (AvgIpc) is 2.65. The van der Waals surface area contributed by atoms with Crippen molar-refractivity contribution in [3.63, 3.8) is 0 Å². The number of carboxylic acids is 1. The highest BCUT2D eigenvalue weighted by atomic mass is 16.4. The molecule has 8 heteroatoms. The van der Waals surface area contributed by atoms with E-state index in [4.69, 9.17) is 15.9 Å². The highest BCUT2D eigenvalue weighted by Crippen LogP contribution is 2.03. The number of hydrogen-bond acceptors (Lipinski definition) is 6. The first-order valence-electron chi connectivity index (χ1n) is 4.33. The lowest BCUT2D eigenvalue weighted by Crippen LogP contribution is -2.13. The van der Waals surface area contributed by atoms with E-state index in [1.165, 1.54) is 6.92 Å². The van der Waals surface area contributed by atoms with E-state index in [-0.39, 0.29) is 5.95 Å². The van der Waals surface area contributed by atoms with E-state index in [0.717, 1.165) is 5.52 Å². The Morgan fingerprint density at radius 2 is 2.19 bits per heavy atom. The molecule has 0 saturated heterocycles. The van der Waals surface area contributed by atoms with Crippen molar-refractivity contribution in [3.05, 3.63) is 12.5 Å². The van der Waals surface area contributed by atoms with Crippen LogP contribution in [0.2, 0.25) is 0 Å². The molecule has 2 rings (SSSR count). The number of aromatic nitrogens is 4. The molecule has 5 N–H and O–H groups in total. The molecule has 0 aliphatic carbocycles. The molecular formula is C8H11N5O3. The number of nitrogen functional groups attached to an aromatic ring is 1. The van der Waals surface area contributed by atoms with Crippen LogP contribution in [0.4, 0.5) is 5.95 Å². The number of anilines is 1. The van der Waals surface area contributed by atoms with Crippen LogP contribution < -0.4 is 5.73 Å². The zero-order valence-electron chi connectivity index (χ0n) is 8.45. The predicted octanol–water partition coefficient (Wildman–Crippen LogP) is -0.613. The minimum absolute atomic E-state index is 0.250. The fourth-order valence-corrected chi connectivity index (χ4v) is 0.749. The molecule has 86 valence electrons. The number of nitrogens with zero attached hydrogens (tertiary/aromatic N) is 3. The number of fused-ring (bicyclic) bond motifs is 1. The summed E-state index contributed by atoms with van der Waals surface area (Å²) >= 11 is 0. The summed E-state index contributed by atoms with van der Waals surface area (Å²) < 4.78 is 0. The molecule has 0 saturated carbocycles. The van der Waals surface area contributed by atoms with Crippen molar-refractivity contribution in [2.24, 2.45) is 0 Å². The van der Waals surface area contributed by atoms with Crippen LogP contribution >= 0.6 is 0 Å². The maximum absolute atomic E-state index is 9.45. The van der Waals surface area contributed by atoms with Crippen molar-refractivity contribution in [1.82, 2.24) is 19.9 Å². The Bertz CT molecular complexity index is 481. The lowest BCUT2D eigenvalue weighted by molar-refractivity contribution is -0.145. The van der Waals surface area contributed by atoms with Crippen LogP contribution in [0, 0.1) is 0 Å². The second-order valence-electron chi connectivity index (χ2n) is 2.88. The molecule has 0 amide bonds. The van der Waals surface area contributed by atoms with Crippen LogP contribution in [0.1, 0.15) is 6.92 Å². The Balaban J connectivity index is 0.000000187. The van der Waals surface area contributed by atoms with Crippen molar-refractivity contribution in [2.75, 3.05) is 5.73 Å². The minimum atomic E-state index is -1.23. The van der Waals surface area contributed by atoms with Crippen LogP contribution in [0.5, 0.6) is 0 Å². The quantitative estimate of drug-likeness (QED) is 0.507. The van der Waals surface area contributed by atoms with E-state index in [2.05, 4.69) is 19.9 Å². The Labute approximate surface area is 90.2 Å². The fraction of sp³-hybridized carbons (Fsp3) is 0.250. The molecule has 1 unspecified atom stereocenters. The van der Waals surface area contributed by atoms with Gasteiger partial charge in [-0.1, -0.05) is 0 Å². The summed E-state index contributed by atoms with van der Waals surface area (Å²) in [6.07, 6.45) is 1.92. The second-order valence-corrected chi connectivity index (χ2v) is 2.88. The molecule has 2 heterocycles. The number of H-pyrrole nitrogens is 1. The third-order valence-electron chi connectivity index (χ3n) is 1.55. The first-order valence-corrected chi connectivity index (χ1v) is 4.33. The van der Waals surface area contributed by atoms with Gasteiger partial charge in [-0.3, -0.25) is 0 Å². The number of aliphatic hydroxyl groups excluding tert-OH is 1. The lowest BCUT2D eigenvalue weighted by atomic mass is 10.4. The molecule has 0 aromatic carbocycles. The van der Waals surface area contributed by atoms with Gasteiger partial charge in [0.2, 0.25) is 5.95 Å². The summed E-state index contributed by atoms with van der Waals surface area (Å²) in [6, 6.07) is 0. The summed E-state index contributed by atoms with van der Waals surface area (Å²) in [5.74, 6) is -0.936. The number of aromatic amines is 1. The van der Waals surface area contributed by atoms with Crippen molar-refractivity contribution < 1.29 is 15.0 Å². The zero-order valence-corrected chi connectivity index (χ0v) is 8.45. The van der Waals surface area contributed by atoms with Gasteiger partial charge in [0.15, 0.2) is 5.65 Å². The molecule has 1 atom stereocenters. The Morgan fingerprint density at radius 3 is 2.75 bits per heavy atom. The number of aliphatic hydroxyl groups is 1. The summed E-state index contributed by atoms with van der Waals surface area (Å²) in [6.45, 7) is 1.20. The smallest absolute Gasteiger partial charge is 0.332 e. The van der Waals surface area contributed by atoms with Gasteiger partial charge in [0.25, 0.3) is 0 Å². The summed E-state index contributed by atoms with van der Waals surface area (Å²) in [7, 11) is 0. The highest BCUT2D eigenvalue weighted by Gasteiger charge is 2.01. The van der Waals surface area contributed by atoms with Gasteiger partial charge in [-0.2, -0.15) is 4.98 Å². The average molecular weight is 225 g/mol. The van der Waals surface area contributed by atoms with Crippen LogP contribution in [0.25, 0.3) is 11.2 Å². The molecular weight excluding hydrogens is 214 g/mol. The highest BCUT2D eigenvalue weighted by molar-refractivity contribution is 5.71. The molecule has 0 radical (unpaired) electrons. The third-order valence-corrected chi connectivity index (χ3v) is 1.55. The molecule has 0 fully saturated rings. The minimum Gasteiger partial charge on any atom is -0.479 e. The molecule has 2 aromatic heterocycles. The van der Waals surface area contributed by atoms with Crippen molar-refractivity contribution in [1.29, 1.82) is 0 Å². The van der Waals surface area contributed by atoms with E-state index in [0.29, 0.717) is 5.65 Å². The first kappa shape index (κ1) is 11.9. The molecule has 16 heavy (non-hydrogen) atoms. The maximum Gasteiger partial charge on any atom is 0.332 e. The number of carbonyl (C=O) groups is 1. The fourth-order valence-electron chi connectivity index (χ4n) is 0.749. The van der Waals surface area contributed by atoms with E-state index in [1.54, 1.807) is 12.5 Å². The Hall–Kier alpha value is -2.22. The van der Waals surface area contributed by atoms with Gasteiger partial charge in [-0.25, -0.2) is 14.8 Å². The van der Waals surface area contributed by atoms with Gasteiger partial charge in [-0.05, 0) is 6.92 Å². The molecule has 0 bridgehead atoms. The topological polar surface area (TPSA) is 138 Å². The zero-order chi connectivity index (χ0) is 12.1. The van der Waals surface area contributed by atoms with E-state index >= 15 is 0 Å². The van der Waals surface area contributed by atoms with Gasteiger partial charge in [0.1, 0.15) is 11.6 Å². The normalized spacial score (nSPS) is 11.6. The maximum atomic E-state index is 9.45. The summed E-state index contributed by atoms with van der Waals surface area (Å²) in [5.41, 5.74) is 6.71. The molecule has 0 spiro atoms. The lowest BCUT2D eigenvalue weighted by Gasteiger charge is -1.89. The number of aliphatic carboxylic acids is 1. The molecule has 0 aliphatic heterocycles. The predicted molar refractivity (Wildman–Crippen MR) is 55.4 cm³/mol. The molecule has 8 nitrogen and oxygen atoms in total. The summed E-state index contributed by atoms with van der Waals surface area (Å²) in [5, 5.41) is 15.8. The van der Waals surface area contributed by atoms with Crippen LogP contribution in [0.15, 0.2) is 12.5 Å². The number of carboxylic acid groups (broad SMARTS) is 1. The largest absolute Gasteiger partial charge is 0.479 e. The first-order chi connectivity index (χ1) is 7.50. The van der Waals surface area contributed by atoms with Crippen molar-refractivity contribution >= 4 is 23.1 Å². The standard InChI is InChI=1S/C5H5N5.C3H6O3/c6-5-7-1-3-4(10-5)9-2-8-3;1-2(4)3(5)6/h1-2H,(H3,6,7,8,9,10);2,4H,1H3,(H,5,6). The number of nitrogens with two attached hydrogens (primary N) is 1. The molecule has 2 aromatic rings. The van der Waals surface area contributed by atoms with E-state index in [9.17, 15) is 4.79 Å². The van der Waals surface area contributed by atoms with E-state index < -0.39 is 12.1 Å². The van der Waals surface area contributed by atoms with Gasteiger partial charge in [0.05, 0.1) is 12.5 Å². The number of imidazole rings is 1.